The number of rotatable bonds is 4. The predicted octanol–water partition coefficient (Wildman–Crippen LogP) is 1.58. The molecule has 0 fully saturated rings. The van der Waals surface area contributed by atoms with E-state index >= 15 is 0 Å². The molecule has 0 radical (unpaired) electrons. The van der Waals surface area contributed by atoms with Crippen LogP contribution in [0.4, 0.5) is 0 Å². The lowest BCUT2D eigenvalue weighted by Gasteiger charge is -2.04. The molecule has 2 N–H and O–H groups in total. The molecule has 4 nitrogen and oxygen atoms in total. The molecule has 0 unspecified atom stereocenters. The molecular weight excluding hydrogens is 214 g/mol. The lowest BCUT2D eigenvalue weighted by atomic mass is 10.1. The minimum absolute atomic E-state index is 0.0248. The van der Waals surface area contributed by atoms with Gasteiger partial charge in [-0.25, -0.2) is 0 Å². The number of H-pyrrole nitrogens is 1. The van der Waals surface area contributed by atoms with Gasteiger partial charge in [-0.1, -0.05) is 30.3 Å². The van der Waals surface area contributed by atoms with Crippen LogP contribution in [0.2, 0.25) is 0 Å². The van der Waals surface area contributed by atoms with E-state index in [4.69, 9.17) is 0 Å². The standard InChI is InChI=1S/C13H15N3O/c1-10-12(9-15-16-10)8-14-13(17)7-11-5-3-2-4-6-11/h2-6,9H,7-8H2,1H3,(H,14,17)(H,15,16). The SMILES string of the molecule is Cc1[nH]ncc1CNC(=O)Cc1ccccc1. The van der Waals surface area contributed by atoms with E-state index in [9.17, 15) is 4.79 Å². The Balaban J connectivity index is 1.84. The Hall–Kier alpha value is -2.10. The zero-order valence-corrected chi connectivity index (χ0v) is 9.73. The molecule has 0 aliphatic heterocycles. The molecule has 0 atom stereocenters. The Bertz CT molecular complexity index is 490. The van der Waals surface area contributed by atoms with Crippen LogP contribution < -0.4 is 5.32 Å². The van der Waals surface area contributed by atoms with Gasteiger partial charge in [-0.05, 0) is 12.5 Å². The summed E-state index contributed by atoms with van der Waals surface area (Å²) < 4.78 is 0. The largest absolute Gasteiger partial charge is 0.352 e. The van der Waals surface area contributed by atoms with Crippen molar-refractivity contribution < 1.29 is 4.79 Å². The second-order valence-corrected chi connectivity index (χ2v) is 3.96. The van der Waals surface area contributed by atoms with Crippen molar-refractivity contribution in [3.05, 3.63) is 53.3 Å². The maximum absolute atomic E-state index is 11.7. The number of aromatic nitrogens is 2. The first-order valence-corrected chi connectivity index (χ1v) is 5.55. The Morgan fingerprint density at radius 1 is 1.35 bits per heavy atom. The lowest BCUT2D eigenvalue weighted by Crippen LogP contribution is -2.24. The molecular formula is C13H15N3O. The molecule has 1 aromatic carbocycles. The molecule has 1 aromatic heterocycles. The van der Waals surface area contributed by atoms with E-state index in [-0.39, 0.29) is 5.91 Å². The quantitative estimate of drug-likeness (QED) is 0.836. The fourth-order valence-electron chi connectivity index (χ4n) is 1.59. The number of amides is 1. The van der Waals surface area contributed by atoms with Crippen LogP contribution in [0, 0.1) is 6.92 Å². The van der Waals surface area contributed by atoms with Crippen molar-refractivity contribution >= 4 is 5.91 Å². The molecule has 88 valence electrons. The van der Waals surface area contributed by atoms with E-state index in [1.165, 1.54) is 0 Å². The van der Waals surface area contributed by atoms with Gasteiger partial charge in [-0.15, -0.1) is 0 Å². The number of aromatic amines is 1. The Morgan fingerprint density at radius 2 is 2.12 bits per heavy atom. The summed E-state index contributed by atoms with van der Waals surface area (Å²) in [4.78, 5) is 11.7. The maximum Gasteiger partial charge on any atom is 0.224 e. The summed E-state index contributed by atoms with van der Waals surface area (Å²) in [5.74, 6) is 0.0248. The number of carbonyl (C=O) groups excluding carboxylic acids is 1. The fourth-order valence-corrected chi connectivity index (χ4v) is 1.59. The normalized spacial score (nSPS) is 10.2. The van der Waals surface area contributed by atoms with E-state index in [1.54, 1.807) is 6.20 Å². The molecule has 1 amide bonds. The summed E-state index contributed by atoms with van der Waals surface area (Å²) >= 11 is 0. The molecule has 1 heterocycles. The third-order valence-corrected chi connectivity index (χ3v) is 2.62. The van der Waals surface area contributed by atoms with E-state index in [0.717, 1.165) is 16.8 Å². The Kier molecular flexibility index (Phi) is 3.55. The van der Waals surface area contributed by atoms with Crippen LogP contribution in [0.3, 0.4) is 0 Å². The highest BCUT2D eigenvalue weighted by Crippen LogP contribution is 2.03. The van der Waals surface area contributed by atoms with Crippen molar-refractivity contribution in [2.45, 2.75) is 19.9 Å². The average molecular weight is 229 g/mol. The van der Waals surface area contributed by atoms with Crippen molar-refractivity contribution in [1.29, 1.82) is 0 Å². The number of nitrogens with one attached hydrogen (secondary N) is 2. The maximum atomic E-state index is 11.7. The van der Waals surface area contributed by atoms with Crippen LogP contribution in [0.25, 0.3) is 0 Å². The monoisotopic (exact) mass is 229 g/mol. The van der Waals surface area contributed by atoms with Gasteiger partial charge in [-0.3, -0.25) is 9.89 Å². The third kappa shape index (κ3) is 3.17. The highest BCUT2D eigenvalue weighted by atomic mass is 16.1. The average Bonchev–Trinajstić information content (AvgIpc) is 2.74. The molecule has 2 aromatic rings. The number of aryl methyl sites for hydroxylation is 1. The topological polar surface area (TPSA) is 57.8 Å². The zero-order chi connectivity index (χ0) is 12.1. The summed E-state index contributed by atoms with van der Waals surface area (Å²) in [5, 5.41) is 9.62. The highest BCUT2D eigenvalue weighted by Gasteiger charge is 2.04. The van der Waals surface area contributed by atoms with Crippen molar-refractivity contribution in [2.24, 2.45) is 0 Å². The van der Waals surface area contributed by atoms with Gasteiger partial charge in [0.2, 0.25) is 5.91 Å². The van der Waals surface area contributed by atoms with E-state index in [1.807, 2.05) is 37.3 Å². The first-order chi connectivity index (χ1) is 8.25. The molecule has 4 heteroatoms. The number of hydrogen-bond donors (Lipinski definition) is 2. The zero-order valence-electron chi connectivity index (χ0n) is 9.73. The molecule has 2 rings (SSSR count). The van der Waals surface area contributed by atoms with Crippen LogP contribution >= 0.6 is 0 Å². The van der Waals surface area contributed by atoms with Crippen molar-refractivity contribution in [3.63, 3.8) is 0 Å². The molecule has 0 spiro atoms. The Morgan fingerprint density at radius 3 is 2.76 bits per heavy atom. The highest BCUT2D eigenvalue weighted by molar-refractivity contribution is 5.78. The van der Waals surface area contributed by atoms with Crippen molar-refractivity contribution in [2.75, 3.05) is 0 Å². The first-order valence-electron chi connectivity index (χ1n) is 5.55. The molecule has 0 aliphatic carbocycles. The van der Waals surface area contributed by atoms with Crippen molar-refractivity contribution in [1.82, 2.24) is 15.5 Å². The van der Waals surface area contributed by atoms with E-state index in [2.05, 4.69) is 15.5 Å². The van der Waals surface area contributed by atoms with Crippen LogP contribution in [-0.2, 0) is 17.8 Å². The summed E-state index contributed by atoms with van der Waals surface area (Å²) in [5.41, 5.74) is 3.03. The molecule has 0 bridgehead atoms. The van der Waals surface area contributed by atoms with Gasteiger partial charge in [0.1, 0.15) is 0 Å². The van der Waals surface area contributed by atoms with E-state index < -0.39 is 0 Å². The van der Waals surface area contributed by atoms with Crippen LogP contribution in [-0.4, -0.2) is 16.1 Å². The summed E-state index contributed by atoms with van der Waals surface area (Å²) in [6.07, 6.45) is 2.15. The van der Waals surface area contributed by atoms with Crippen LogP contribution in [0.15, 0.2) is 36.5 Å². The van der Waals surface area contributed by atoms with Gasteiger partial charge >= 0.3 is 0 Å². The minimum Gasteiger partial charge on any atom is -0.352 e. The lowest BCUT2D eigenvalue weighted by molar-refractivity contribution is -0.120. The van der Waals surface area contributed by atoms with E-state index in [0.29, 0.717) is 13.0 Å². The smallest absolute Gasteiger partial charge is 0.224 e. The van der Waals surface area contributed by atoms with Gasteiger partial charge in [0.15, 0.2) is 0 Å². The molecule has 0 aliphatic rings. The second-order valence-electron chi connectivity index (χ2n) is 3.96. The van der Waals surface area contributed by atoms with Gasteiger partial charge in [0.25, 0.3) is 0 Å². The van der Waals surface area contributed by atoms with Gasteiger partial charge in [0.05, 0.1) is 12.6 Å². The molecule has 0 saturated carbocycles. The van der Waals surface area contributed by atoms with Crippen LogP contribution in [0.5, 0.6) is 0 Å². The third-order valence-electron chi connectivity index (χ3n) is 2.62. The summed E-state index contributed by atoms with van der Waals surface area (Å²) in [7, 11) is 0. The fraction of sp³-hybridized carbons (Fsp3) is 0.231. The van der Waals surface area contributed by atoms with Gasteiger partial charge < -0.3 is 5.32 Å². The van der Waals surface area contributed by atoms with Crippen molar-refractivity contribution in [3.8, 4) is 0 Å². The predicted molar refractivity (Wildman–Crippen MR) is 65.3 cm³/mol. The molecule has 17 heavy (non-hydrogen) atoms. The summed E-state index contributed by atoms with van der Waals surface area (Å²) in [6, 6.07) is 9.70. The van der Waals surface area contributed by atoms with Crippen LogP contribution in [0.1, 0.15) is 16.8 Å². The van der Waals surface area contributed by atoms with Gasteiger partial charge in [0, 0.05) is 17.8 Å². The number of nitrogens with zero attached hydrogens (tertiary/aromatic N) is 1. The summed E-state index contributed by atoms with van der Waals surface area (Å²) in [6.45, 7) is 2.46. The second kappa shape index (κ2) is 5.30. The molecule has 0 saturated heterocycles. The number of benzene rings is 1. The minimum atomic E-state index is 0.0248. The van der Waals surface area contributed by atoms with Gasteiger partial charge in [-0.2, -0.15) is 5.10 Å². The Labute approximate surface area is 100 Å². The number of hydrogen-bond acceptors (Lipinski definition) is 2. The number of carbonyl (C=O) groups is 1. The first kappa shape index (κ1) is 11.4.